The van der Waals surface area contributed by atoms with Gasteiger partial charge in [0, 0.05) is 10.9 Å². The zero-order valence-corrected chi connectivity index (χ0v) is 10.9. The van der Waals surface area contributed by atoms with Gasteiger partial charge in [-0.05, 0) is 24.5 Å². The number of aliphatic carboxylic acids is 1. The predicted octanol–water partition coefficient (Wildman–Crippen LogP) is 2.15. The minimum Gasteiger partial charge on any atom is -0.480 e. The molecule has 1 atom stereocenters. The number of para-hydroxylation sites is 1. The minimum absolute atomic E-state index is 0.366. The molecule has 0 aliphatic heterocycles. The Labute approximate surface area is 116 Å². The van der Waals surface area contributed by atoms with Crippen LogP contribution < -0.4 is 5.32 Å². The van der Waals surface area contributed by atoms with Gasteiger partial charge in [0.05, 0.1) is 0 Å². The molecule has 1 aliphatic carbocycles. The number of carboxylic acids is 1. The summed E-state index contributed by atoms with van der Waals surface area (Å²) in [4.78, 5) is 26.3. The van der Waals surface area contributed by atoms with Crippen molar-refractivity contribution in [1.29, 1.82) is 0 Å². The van der Waals surface area contributed by atoms with Gasteiger partial charge in [-0.2, -0.15) is 0 Å². The van der Waals surface area contributed by atoms with Crippen molar-refractivity contribution >= 4 is 22.8 Å². The number of aromatic amines is 1. The number of fused-ring (bicyclic) bond motifs is 1. The molecular formula is C15H16N2O3. The second-order valence-corrected chi connectivity index (χ2v) is 5.31. The molecule has 5 nitrogen and oxygen atoms in total. The van der Waals surface area contributed by atoms with Crippen LogP contribution in [0, 0.1) is 5.92 Å². The van der Waals surface area contributed by atoms with Gasteiger partial charge in [0.15, 0.2) is 0 Å². The van der Waals surface area contributed by atoms with Crippen molar-refractivity contribution in [2.75, 3.05) is 0 Å². The Kier molecular flexibility index (Phi) is 3.18. The maximum Gasteiger partial charge on any atom is 0.326 e. The first-order valence-corrected chi connectivity index (χ1v) is 6.75. The van der Waals surface area contributed by atoms with Gasteiger partial charge in [-0.15, -0.1) is 0 Å². The normalized spacial score (nSPS) is 16.0. The fourth-order valence-corrected chi connectivity index (χ4v) is 2.34. The van der Waals surface area contributed by atoms with E-state index in [0.717, 1.165) is 23.7 Å². The molecule has 20 heavy (non-hydrogen) atoms. The molecule has 5 heteroatoms. The molecule has 0 spiro atoms. The van der Waals surface area contributed by atoms with E-state index < -0.39 is 12.0 Å². The van der Waals surface area contributed by atoms with Crippen molar-refractivity contribution in [3.05, 3.63) is 36.0 Å². The molecule has 1 aromatic carbocycles. The maximum absolute atomic E-state index is 12.1. The Balaban J connectivity index is 1.75. The van der Waals surface area contributed by atoms with Crippen molar-refractivity contribution in [1.82, 2.24) is 10.3 Å². The fourth-order valence-electron chi connectivity index (χ4n) is 2.34. The molecule has 1 aromatic heterocycles. The molecule has 3 rings (SSSR count). The molecule has 0 bridgehead atoms. The number of nitrogens with one attached hydrogen (secondary N) is 2. The molecule has 3 N–H and O–H groups in total. The summed E-state index contributed by atoms with van der Waals surface area (Å²) in [5.74, 6) is -0.894. The molecule has 0 unspecified atom stereocenters. The van der Waals surface area contributed by atoms with Crippen molar-refractivity contribution in [3.63, 3.8) is 0 Å². The average Bonchev–Trinajstić information content (AvgIpc) is 3.13. The molecule has 1 aliphatic rings. The first-order valence-electron chi connectivity index (χ1n) is 6.75. The van der Waals surface area contributed by atoms with E-state index in [4.69, 9.17) is 5.11 Å². The van der Waals surface area contributed by atoms with Crippen LogP contribution in [0.2, 0.25) is 0 Å². The van der Waals surface area contributed by atoms with Crippen molar-refractivity contribution in [3.8, 4) is 0 Å². The third-order valence-corrected chi connectivity index (χ3v) is 3.64. The highest BCUT2D eigenvalue weighted by atomic mass is 16.4. The highest BCUT2D eigenvalue weighted by Crippen LogP contribution is 2.33. The Hall–Kier alpha value is -2.30. The van der Waals surface area contributed by atoms with Crippen LogP contribution in [0.3, 0.4) is 0 Å². The Bertz CT molecular complexity index is 625. The van der Waals surface area contributed by atoms with E-state index in [9.17, 15) is 9.59 Å². The first kappa shape index (κ1) is 12.7. The van der Waals surface area contributed by atoms with Crippen LogP contribution in [-0.2, 0) is 4.79 Å². The number of hydrogen-bond acceptors (Lipinski definition) is 2. The summed E-state index contributed by atoms with van der Waals surface area (Å²) in [5, 5.41) is 12.7. The lowest BCUT2D eigenvalue weighted by Crippen LogP contribution is -2.41. The minimum atomic E-state index is -0.971. The number of rotatable bonds is 5. The molecule has 1 amide bonds. The standard InChI is InChI=1S/C15H16N2O3/c18-14(17-13(15(19)20)7-9-5-6-9)12-8-10-3-1-2-4-11(10)16-12/h1-4,8-9,13,16H,5-7H2,(H,17,18)(H,19,20)/t13-/m0/s1. The summed E-state index contributed by atoms with van der Waals surface area (Å²) in [5.41, 5.74) is 1.26. The number of H-pyrrole nitrogens is 1. The predicted molar refractivity (Wildman–Crippen MR) is 74.5 cm³/mol. The lowest BCUT2D eigenvalue weighted by molar-refractivity contribution is -0.139. The third-order valence-electron chi connectivity index (χ3n) is 3.64. The highest BCUT2D eigenvalue weighted by Gasteiger charge is 2.30. The van der Waals surface area contributed by atoms with Gasteiger partial charge in [-0.25, -0.2) is 4.79 Å². The van der Waals surface area contributed by atoms with Crippen LogP contribution in [0.4, 0.5) is 0 Å². The van der Waals surface area contributed by atoms with Crippen LogP contribution in [0.25, 0.3) is 10.9 Å². The molecule has 104 valence electrons. The summed E-state index contributed by atoms with van der Waals surface area (Å²) in [6.45, 7) is 0. The SMILES string of the molecule is O=C(N[C@@H](CC1CC1)C(=O)O)c1cc2ccccc2[nH]1. The third kappa shape index (κ3) is 2.66. The fraction of sp³-hybridized carbons (Fsp3) is 0.333. The summed E-state index contributed by atoms with van der Waals surface area (Å²) in [6.07, 6.45) is 2.64. The molecule has 0 radical (unpaired) electrons. The number of benzene rings is 1. The summed E-state index contributed by atoms with van der Waals surface area (Å²) in [7, 11) is 0. The second-order valence-electron chi connectivity index (χ2n) is 5.31. The van der Waals surface area contributed by atoms with Gasteiger partial charge >= 0.3 is 5.97 Å². The topological polar surface area (TPSA) is 82.2 Å². The van der Waals surface area contributed by atoms with Gasteiger partial charge in [-0.3, -0.25) is 4.79 Å². The number of amides is 1. The molecular weight excluding hydrogens is 256 g/mol. The second kappa shape index (κ2) is 5.00. The maximum atomic E-state index is 12.1. The van der Waals surface area contributed by atoms with E-state index >= 15 is 0 Å². The van der Waals surface area contributed by atoms with Crippen molar-refractivity contribution in [2.45, 2.75) is 25.3 Å². The van der Waals surface area contributed by atoms with Crippen LogP contribution >= 0.6 is 0 Å². The van der Waals surface area contributed by atoms with Crippen molar-refractivity contribution < 1.29 is 14.7 Å². The Morgan fingerprint density at radius 2 is 2.10 bits per heavy atom. The van der Waals surface area contributed by atoms with E-state index in [1.807, 2.05) is 24.3 Å². The van der Waals surface area contributed by atoms with Gasteiger partial charge in [-0.1, -0.05) is 31.0 Å². The number of carbonyl (C=O) groups is 2. The van der Waals surface area contributed by atoms with Crippen LogP contribution in [0.5, 0.6) is 0 Å². The summed E-state index contributed by atoms with van der Waals surface area (Å²) < 4.78 is 0. The van der Waals surface area contributed by atoms with Gasteiger partial charge in [0.25, 0.3) is 5.91 Å². The van der Waals surface area contributed by atoms with E-state index in [-0.39, 0.29) is 5.91 Å². The zero-order valence-electron chi connectivity index (χ0n) is 10.9. The molecule has 0 saturated heterocycles. The molecule has 1 fully saturated rings. The summed E-state index contributed by atoms with van der Waals surface area (Å²) in [6, 6.07) is 8.49. The van der Waals surface area contributed by atoms with Gasteiger partial charge in [0.1, 0.15) is 11.7 Å². The van der Waals surface area contributed by atoms with E-state index in [0.29, 0.717) is 18.0 Å². The number of carboxylic acid groups (broad SMARTS) is 1. The van der Waals surface area contributed by atoms with Crippen LogP contribution in [0.1, 0.15) is 29.8 Å². The smallest absolute Gasteiger partial charge is 0.326 e. The lowest BCUT2D eigenvalue weighted by Gasteiger charge is -2.13. The lowest BCUT2D eigenvalue weighted by atomic mass is 10.1. The number of aromatic nitrogens is 1. The van der Waals surface area contributed by atoms with Crippen LogP contribution in [-0.4, -0.2) is 28.0 Å². The van der Waals surface area contributed by atoms with Crippen molar-refractivity contribution in [2.24, 2.45) is 5.92 Å². The van der Waals surface area contributed by atoms with Gasteiger partial charge < -0.3 is 15.4 Å². The van der Waals surface area contributed by atoms with Crippen LogP contribution in [0.15, 0.2) is 30.3 Å². The van der Waals surface area contributed by atoms with E-state index in [1.165, 1.54) is 0 Å². The quantitative estimate of drug-likeness (QED) is 0.780. The first-order chi connectivity index (χ1) is 9.63. The summed E-state index contributed by atoms with van der Waals surface area (Å²) >= 11 is 0. The zero-order chi connectivity index (χ0) is 14.1. The van der Waals surface area contributed by atoms with E-state index in [2.05, 4.69) is 10.3 Å². The van der Waals surface area contributed by atoms with Gasteiger partial charge in [0.2, 0.25) is 0 Å². The molecule has 2 aromatic rings. The Morgan fingerprint density at radius 1 is 1.35 bits per heavy atom. The number of carbonyl (C=O) groups excluding carboxylic acids is 1. The Morgan fingerprint density at radius 3 is 2.75 bits per heavy atom. The number of hydrogen-bond donors (Lipinski definition) is 3. The van der Waals surface area contributed by atoms with E-state index in [1.54, 1.807) is 6.07 Å². The molecule has 1 heterocycles. The highest BCUT2D eigenvalue weighted by molar-refractivity contribution is 5.99. The monoisotopic (exact) mass is 272 g/mol. The molecule has 1 saturated carbocycles. The average molecular weight is 272 g/mol. The largest absolute Gasteiger partial charge is 0.480 e.